The average Bonchev–Trinajstić information content (AvgIpc) is 2.35. The highest BCUT2D eigenvalue weighted by molar-refractivity contribution is 9.10. The summed E-state index contributed by atoms with van der Waals surface area (Å²) in [7, 11) is 0. The maximum absolute atomic E-state index is 13.5. The van der Waals surface area contributed by atoms with Crippen molar-refractivity contribution < 1.29 is 8.78 Å². The van der Waals surface area contributed by atoms with Crippen molar-refractivity contribution in [2.24, 2.45) is 5.84 Å². The van der Waals surface area contributed by atoms with Crippen LogP contribution < -0.4 is 16.6 Å². The third-order valence-corrected chi connectivity index (χ3v) is 3.05. The number of nitrogens with two attached hydrogens (primary N) is 1. The summed E-state index contributed by atoms with van der Waals surface area (Å²) >= 11 is 8.99. The first-order valence-electron chi connectivity index (χ1n) is 4.92. The highest BCUT2D eigenvalue weighted by atomic mass is 79.9. The monoisotopic (exact) mass is 349 g/mol. The van der Waals surface area contributed by atoms with Crippen LogP contribution >= 0.6 is 27.5 Å². The lowest BCUT2D eigenvalue weighted by molar-refractivity contribution is 0.619. The van der Waals surface area contributed by atoms with E-state index in [4.69, 9.17) is 17.4 Å². The minimum Gasteiger partial charge on any atom is -0.335 e. The molecule has 0 unspecified atom stereocenters. The average molecular weight is 351 g/mol. The van der Waals surface area contributed by atoms with Gasteiger partial charge in [0.15, 0.2) is 11.6 Å². The van der Waals surface area contributed by atoms with E-state index >= 15 is 0 Å². The summed E-state index contributed by atoms with van der Waals surface area (Å²) in [6, 6.07) is 2.28. The first-order valence-corrected chi connectivity index (χ1v) is 6.09. The van der Waals surface area contributed by atoms with Crippen LogP contribution in [0.5, 0.6) is 0 Å². The van der Waals surface area contributed by atoms with Crippen molar-refractivity contribution in [1.82, 2.24) is 9.97 Å². The number of halogens is 4. The molecular weight excluding hydrogens is 343 g/mol. The van der Waals surface area contributed by atoms with Gasteiger partial charge in [0.25, 0.3) is 0 Å². The molecule has 0 saturated carbocycles. The lowest BCUT2D eigenvalue weighted by Gasteiger charge is -2.11. The molecule has 0 aliphatic rings. The SMILES string of the molecule is NNc1ncc(F)c(Nc2c(Cl)cc(F)cc2Br)n1. The second-order valence-corrected chi connectivity index (χ2v) is 4.67. The molecule has 19 heavy (non-hydrogen) atoms. The van der Waals surface area contributed by atoms with E-state index in [1.807, 2.05) is 0 Å². The van der Waals surface area contributed by atoms with E-state index in [0.29, 0.717) is 4.47 Å². The van der Waals surface area contributed by atoms with Crippen LogP contribution in [0.2, 0.25) is 5.02 Å². The van der Waals surface area contributed by atoms with E-state index in [-0.39, 0.29) is 22.5 Å². The first-order chi connectivity index (χ1) is 9.01. The molecule has 2 rings (SSSR count). The van der Waals surface area contributed by atoms with E-state index in [2.05, 4.69) is 36.6 Å². The maximum Gasteiger partial charge on any atom is 0.239 e. The van der Waals surface area contributed by atoms with Gasteiger partial charge in [0.05, 0.1) is 16.9 Å². The molecule has 1 aromatic heterocycles. The predicted molar refractivity (Wildman–Crippen MR) is 72.2 cm³/mol. The Labute approximate surface area is 120 Å². The van der Waals surface area contributed by atoms with Crippen molar-refractivity contribution in [3.63, 3.8) is 0 Å². The van der Waals surface area contributed by atoms with Crippen molar-refractivity contribution in [1.29, 1.82) is 0 Å². The highest BCUT2D eigenvalue weighted by Crippen LogP contribution is 2.34. The van der Waals surface area contributed by atoms with Crippen LogP contribution in [0, 0.1) is 11.6 Å². The normalized spacial score (nSPS) is 10.4. The summed E-state index contributed by atoms with van der Waals surface area (Å²) in [5.74, 6) is 3.80. The van der Waals surface area contributed by atoms with Gasteiger partial charge in [-0.05, 0) is 28.1 Å². The molecule has 0 spiro atoms. The quantitative estimate of drug-likeness (QED) is 0.585. The van der Waals surface area contributed by atoms with Crippen LogP contribution in [0.25, 0.3) is 0 Å². The van der Waals surface area contributed by atoms with Crippen molar-refractivity contribution in [3.8, 4) is 0 Å². The van der Waals surface area contributed by atoms with E-state index < -0.39 is 11.6 Å². The molecule has 0 saturated heterocycles. The Morgan fingerprint density at radius 3 is 2.68 bits per heavy atom. The number of nitrogens with one attached hydrogen (secondary N) is 2. The van der Waals surface area contributed by atoms with Crippen molar-refractivity contribution in [3.05, 3.63) is 39.5 Å². The number of hydrazine groups is 1. The molecule has 1 heterocycles. The van der Waals surface area contributed by atoms with Gasteiger partial charge in [-0.25, -0.2) is 19.6 Å². The van der Waals surface area contributed by atoms with Gasteiger partial charge >= 0.3 is 0 Å². The minimum atomic E-state index is -0.703. The largest absolute Gasteiger partial charge is 0.335 e. The number of benzene rings is 1. The zero-order chi connectivity index (χ0) is 14.0. The topological polar surface area (TPSA) is 75.9 Å². The Hall–Kier alpha value is -1.51. The molecule has 0 amide bonds. The molecule has 0 fully saturated rings. The smallest absolute Gasteiger partial charge is 0.239 e. The molecule has 2 aromatic rings. The Balaban J connectivity index is 2.41. The molecule has 1 aromatic carbocycles. The number of nitrogens with zero attached hydrogens (tertiary/aromatic N) is 2. The first kappa shape index (κ1) is 13.9. The number of hydrogen-bond acceptors (Lipinski definition) is 5. The molecular formula is C10H7BrClF2N5. The van der Waals surface area contributed by atoms with Gasteiger partial charge in [-0.3, -0.25) is 5.43 Å². The van der Waals surface area contributed by atoms with Crippen molar-refractivity contribution >= 4 is 45.0 Å². The van der Waals surface area contributed by atoms with Gasteiger partial charge in [-0.1, -0.05) is 11.6 Å². The fraction of sp³-hybridized carbons (Fsp3) is 0. The van der Waals surface area contributed by atoms with Crippen LogP contribution in [0.1, 0.15) is 0 Å². The van der Waals surface area contributed by atoms with Gasteiger partial charge in [0.2, 0.25) is 5.95 Å². The number of nitrogen functional groups attached to an aromatic ring is 1. The lowest BCUT2D eigenvalue weighted by atomic mass is 10.3. The molecule has 0 radical (unpaired) electrons. The second kappa shape index (κ2) is 5.64. The summed E-state index contributed by atoms with van der Waals surface area (Å²) in [4.78, 5) is 7.38. The van der Waals surface area contributed by atoms with Crippen LogP contribution in [-0.2, 0) is 0 Å². The summed E-state index contributed by atoms with van der Waals surface area (Å²) in [6.45, 7) is 0. The van der Waals surface area contributed by atoms with Gasteiger partial charge in [0.1, 0.15) is 5.82 Å². The maximum atomic E-state index is 13.5. The molecule has 5 nitrogen and oxygen atoms in total. The van der Waals surface area contributed by atoms with Gasteiger partial charge in [-0.2, -0.15) is 4.98 Å². The minimum absolute atomic E-state index is 0.0262. The number of aromatic nitrogens is 2. The second-order valence-electron chi connectivity index (χ2n) is 3.40. The molecule has 9 heteroatoms. The van der Waals surface area contributed by atoms with E-state index in [1.165, 1.54) is 6.07 Å². The summed E-state index contributed by atoms with van der Waals surface area (Å²) in [6.07, 6.45) is 0.940. The molecule has 100 valence electrons. The fourth-order valence-electron chi connectivity index (χ4n) is 1.30. The van der Waals surface area contributed by atoms with Gasteiger partial charge in [0, 0.05) is 4.47 Å². The molecule has 0 atom stereocenters. The third kappa shape index (κ3) is 3.09. The Kier molecular flexibility index (Phi) is 4.13. The van der Waals surface area contributed by atoms with Crippen LogP contribution in [0.3, 0.4) is 0 Å². The van der Waals surface area contributed by atoms with Crippen LogP contribution in [0.15, 0.2) is 22.8 Å². The standard InChI is InChI=1S/C10H7BrClF2N5/c11-5-1-4(13)2-6(12)8(5)17-9-7(14)3-16-10(18-9)19-15/h1-3H,15H2,(H2,16,17,18,19). The summed E-state index contributed by atoms with van der Waals surface area (Å²) in [5.41, 5.74) is 2.47. The Morgan fingerprint density at radius 2 is 2.05 bits per heavy atom. The van der Waals surface area contributed by atoms with Crippen LogP contribution in [-0.4, -0.2) is 9.97 Å². The van der Waals surface area contributed by atoms with Gasteiger partial charge in [-0.15, -0.1) is 0 Å². The van der Waals surface area contributed by atoms with Crippen molar-refractivity contribution in [2.45, 2.75) is 0 Å². The number of rotatable bonds is 3. The molecule has 0 bridgehead atoms. The number of hydrogen-bond donors (Lipinski definition) is 3. The molecule has 0 aliphatic heterocycles. The zero-order valence-electron chi connectivity index (χ0n) is 9.22. The van der Waals surface area contributed by atoms with E-state index in [9.17, 15) is 8.78 Å². The molecule has 4 N–H and O–H groups in total. The Bertz CT molecular complexity index is 602. The van der Waals surface area contributed by atoms with E-state index in [1.54, 1.807) is 0 Å². The molecule has 0 aliphatic carbocycles. The fourth-order valence-corrected chi connectivity index (χ4v) is 2.20. The summed E-state index contributed by atoms with van der Waals surface area (Å²) in [5, 5.41) is 2.72. The lowest BCUT2D eigenvalue weighted by Crippen LogP contribution is -2.12. The third-order valence-electron chi connectivity index (χ3n) is 2.12. The van der Waals surface area contributed by atoms with Crippen molar-refractivity contribution in [2.75, 3.05) is 10.7 Å². The van der Waals surface area contributed by atoms with Crippen LogP contribution in [0.4, 0.5) is 26.2 Å². The summed E-state index contributed by atoms with van der Waals surface area (Å²) < 4.78 is 27.0. The van der Waals surface area contributed by atoms with E-state index in [0.717, 1.165) is 12.3 Å². The zero-order valence-corrected chi connectivity index (χ0v) is 11.6. The number of anilines is 3. The highest BCUT2D eigenvalue weighted by Gasteiger charge is 2.12. The predicted octanol–water partition coefficient (Wildman–Crippen LogP) is 3.20. The van der Waals surface area contributed by atoms with Gasteiger partial charge < -0.3 is 5.32 Å². The Morgan fingerprint density at radius 1 is 1.32 bits per heavy atom.